The summed E-state index contributed by atoms with van der Waals surface area (Å²) >= 11 is 0. The monoisotopic (exact) mass is 614 g/mol. The van der Waals surface area contributed by atoms with E-state index in [1.54, 1.807) is 12.1 Å². The number of nitrogens with one attached hydrogen (secondary N) is 2. The Morgan fingerprint density at radius 1 is 0.818 bits per heavy atom. The number of ether oxygens (including phenoxy) is 2. The number of carbonyl (C=O) groups excluding carboxylic acids is 3. The van der Waals surface area contributed by atoms with Gasteiger partial charge in [0, 0.05) is 12.1 Å². The van der Waals surface area contributed by atoms with E-state index >= 15 is 0 Å². The molecule has 0 fully saturated rings. The predicted molar refractivity (Wildman–Crippen MR) is 176 cm³/mol. The SMILES string of the molecule is C=CCOC(=O)CC[C@H](NC(=O)Nc1ccc(CO[Si](c2ccccc2)(c2ccccc2)C(C)(C)C)cc1)C(=O)OCC=C. The molecule has 9 heteroatoms. The van der Waals surface area contributed by atoms with Gasteiger partial charge in [0.05, 0.1) is 6.61 Å². The first-order chi connectivity index (χ1) is 21.1. The lowest BCUT2D eigenvalue weighted by Crippen LogP contribution is -2.66. The summed E-state index contributed by atoms with van der Waals surface area (Å²) in [6.07, 6.45) is 2.80. The number of esters is 2. The van der Waals surface area contributed by atoms with Crippen molar-refractivity contribution in [2.75, 3.05) is 18.5 Å². The Morgan fingerprint density at radius 3 is 1.89 bits per heavy atom. The lowest BCUT2D eigenvalue weighted by Gasteiger charge is -2.43. The fraction of sp³-hybridized carbons (Fsp3) is 0.286. The minimum Gasteiger partial charge on any atom is -0.461 e. The second kappa shape index (κ2) is 16.4. The average Bonchev–Trinajstić information content (AvgIpc) is 3.02. The normalized spacial score (nSPS) is 12.0. The van der Waals surface area contributed by atoms with Gasteiger partial charge >= 0.3 is 18.0 Å². The largest absolute Gasteiger partial charge is 0.461 e. The van der Waals surface area contributed by atoms with Crippen molar-refractivity contribution in [3.8, 4) is 0 Å². The first-order valence-corrected chi connectivity index (χ1v) is 16.5. The van der Waals surface area contributed by atoms with E-state index in [4.69, 9.17) is 13.9 Å². The Bertz CT molecular complexity index is 1350. The summed E-state index contributed by atoms with van der Waals surface area (Å²) in [5.41, 5.74) is 1.48. The molecule has 8 nitrogen and oxygen atoms in total. The molecule has 3 aromatic rings. The van der Waals surface area contributed by atoms with Gasteiger partial charge in [-0.05, 0) is 39.5 Å². The molecular formula is C35H42N2O6Si. The number of amides is 2. The smallest absolute Gasteiger partial charge is 0.329 e. The number of rotatable bonds is 15. The zero-order chi connectivity index (χ0) is 32.0. The highest BCUT2D eigenvalue weighted by molar-refractivity contribution is 6.99. The summed E-state index contributed by atoms with van der Waals surface area (Å²) in [6, 6.07) is 26.6. The van der Waals surface area contributed by atoms with Gasteiger partial charge < -0.3 is 24.5 Å². The Balaban J connectivity index is 1.71. The van der Waals surface area contributed by atoms with Crippen molar-refractivity contribution < 1.29 is 28.3 Å². The molecule has 3 rings (SSSR count). The molecule has 0 saturated heterocycles. The maximum atomic E-state index is 12.8. The summed E-state index contributed by atoms with van der Waals surface area (Å²) in [7, 11) is -2.70. The van der Waals surface area contributed by atoms with Crippen LogP contribution in [0.3, 0.4) is 0 Å². The summed E-state index contributed by atoms with van der Waals surface area (Å²) in [5, 5.41) is 7.58. The minimum absolute atomic E-state index is 0.0118. The molecule has 0 saturated carbocycles. The summed E-state index contributed by atoms with van der Waals surface area (Å²) in [6.45, 7) is 14.2. The molecule has 0 heterocycles. The molecule has 0 aliphatic heterocycles. The van der Waals surface area contributed by atoms with Crippen molar-refractivity contribution in [1.82, 2.24) is 5.32 Å². The van der Waals surface area contributed by atoms with Gasteiger partial charge in [0.2, 0.25) is 0 Å². The molecule has 232 valence electrons. The van der Waals surface area contributed by atoms with Crippen LogP contribution in [0.2, 0.25) is 5.04 Å². The van der Waals surface area contributed by atoms with Crippen LogP contribution < -0.4 is 21.0 Å². The highest BCUT2D eigenvalue weighted by Crippen LogP contribution is 2.37. The van der Waals surface area contributed by atoms with Crippen LogP contribution in [0.4, 0.5) is 10.5 Å². The van der Waals surface area contributed by atoms with E-state index in [2.05, 4.69) is 93.1 Å². The lowest BCUT2D eigenvalue weighted by molar-refractivity contribution is -0.146. The Morgan fingerprint density at radius 2 is 1.36 bits per heavy atom. The van der Waals surface area contributed by atoms with Crippen molar-refractivity contribution >= 4 is 42.3 Å². The maximum Gasteiger partial charge on any atom is 0.329 e. The number of anilines is 1. The van der Waals surface area contributed by atoms with Gasteiger partial charge in [-0.15, -0.1) is 0 Å². The molecule has 2 amide bonds. The lowest BCUT2D eigenvalue weighted by atomic mass is 10.1. The quantitative estimate of drug-likeness (QED) is 0.133. The van der Waals surface area contributed by atoms with E-state index in [1.807, 2.05) is 24.3 Å². The first kappa shape index (κ1) is 34.0. The van der Waals surface area contributed by atoms with Crippen LogP contribution in [0.15, 0.2) is 110 Å². The van der Waals surface area contributed by atoms with Gasteiger partial charge in [-0.25, -0.2) is 9.59 Å². The molecule has 0 radical (unpaired) electrons. The summed E-state index contributed by atoms with van der Waals surface area (Å²) in [5.74, 6) is -1.18. The third kappa shape index (κ3) is 9.26. The zero-order valence-electron chi connectivity index (χ0n) is 25.7. The molecule has 0 aliphatic rings. The first-order valence-electron chi connectivity index (χ1n) is 14.6. The van der Waals surface area contributed by atoms with Gasteiger partial charge in [-0.1, -0.05) is 119 Å². The summed E-state index contributed by atoms with van der Waals surface area (Å²) < 4.78 is 17.1. The van der Waals surface area contributed by atoms with Gasteiger partial charge in [0.15, 0.2) is 0 Å². The van der Waals surface area contributed by atoms with Crippen molar-refractivity contribution in [1.29, 1.82) is 0 Å². The Labute approximate surface area is 261 Å². The average molecular weight is 615 g/mol. The fourth-order valence-electron chi connectivity index (χ4n) is 4.94. The Kier molecular flexibility index (Phi) is 12.7. The second-order valence-corrected chi connectivity index (χ2v) is 15.5. The van der Waals surface area contributed by atoms with Crippen LogP contribution in [-0.2, 0) is 30.1 Å². The number of hydrogen-bond acceptors (Lipinski definition) is 6. The zero-order valence-corrected chi connectivity index (χ0v) is 26.7. The number of urea groups is 1. The van der Waals surface area contributed by atoms with Gasteiger partial charge in [-0.2, -0.15) is 0 Å². The molecular weight excluding hydrogens is 572 g/mol. The molecule has 0 aliphatic carbocycles. The fourth-order valence-corrected chi connectivity index (χ4v) is 9.48. The van der Waals surface area contributed by atoms with E-state index < -0.39 is 32.3 Å². The van der Waals surface area contributed by atoms with Gasteiger partial charge in [0.25, 0.3) is 8.32 Å². The van der Waals surface area contributed by atoms with Crippen molar-refractivity contribution in [3.05, 3.63) is 116 Å². The standard InChI is InChI=1S/C35H42N2O6Si/c1-6-24-41-32(38)23-22-31(33(39)42-25-7-2)37-34(40)36-28-20-18-27(19-21-28)26-43-44(35(3,4)5,29-14-10-8-11-15-29)30-16-12-9-13-17-30/h6-21,31H,1-2,22-26H2,3-5H3,(H2,36,37,40)/t31-/m0/s1. The van der Waals surface area contributed by atoms with E-state index in [0.717, 1.165) is 5.56 Å². The Hall–Kier alpha value is -4.47. The van der Waals surface area contributed by atoms with E-state index in [1.165, 1.54) is 22.5 Å². The summed E-state index contributed by atoms with van der Waals surface area (Å²) in [4.78, 5) is 37.2. The van der Waals surface area contributed by atoms with Crippen molar-refractivity contribution in [2.45, 2.75) is 51.3 Å². The van der Waals surface area contributed by atoms with Crippen LogP contribution in [0.25, 0.3) is 0 Å². The molecule has 2 N–H and O–H groups in total. The van der Waals surface area contributed by atoms with Gasteiger partial charge in [-0.3, -0.25) is 4.79 Å². The molecule has 0 bridgehead atoms. The second-order valence-electron chi connectivity index (χ2n) is 11.2. The van der Waals surface area contributed by atoms with E-state index in [0.29, 0.717) is 12.3 Å². The van der Waals surface area contributed by atoms with Crippen LogP contribution >= 0.6 is 0 Å². The topological polar surface area (TPSA) is 103 Å². The van der Waals surface area contributed by atoms with Gasteiger partial charge in [0.1, 0.15) is 19.3 Å². The molecule has 0 unspecified atom stereocenters. The third-order valence-electron chi connectivity index (χ3n) is 7.02. The van der Waals surface area contributed by atoms with Crippen LogP contribution in [-0.4, -0.2) is 45.5 Å². The van der Waals surface area contributed by atoms with E-state index in [9.17, 15) is 14.4 Å². The highest BCUT2D eigenvalue weighted by Gasteiger charge is 2.50. The third-order valence-corrected chi connectivity index (χ3v) is 12.0. The molecule has 0 aromatic heterocycles. The minimum atomic E-state index is -2.70. The maximum absolute atomic E-state index is 12.8. The molecule has 0 spiro atoms. The molecule has 44 heavy (non-hydrogen) atoms. The number of benzene rings is 3. The van der Waals surface area contributed by atoms with Crippen molar-refractivity contribution in [2.24, 2.45) is 0 Å². The van der Waals surface area contributed by atoms with Crippen LogP contribution in [0, 0.1) is 0 Å². The highest BCUT2D eigenvalue weighted by atomic mass is 28.4. The number of carbonyl (C=O) groups is 3. The number of hydrogen-bond donors (Lipinski definition) is 2. The van der Waals surface area contributed by atoms with E-state index in [-0.39, 0.29) is 31.1 Å². The predicted octanol–water partition coefficient (Wildman–Crippen LogP) is 5.49. The molecule has 3 aromatic carbocycles. The van der Waals surface area contributed by atoms with Crippen molar-refractivity contribution in [3.63, 3.8) is 0 Å². The molecule has 1 atom stereocenters. The van der Waals surface area contributed by atoms with Crippen LogP contribution in [0.5, 0.6) is 0 Å². The van der Waals surface area contributed by atoms with Crippen LogP contribution in [0.1, 0.15) is 39.2 Å².